The third kappa shape index (κ3) is 3.14. The molecule has 1 unspecified atom stereocenters. The lowest BCUT2D eigenvalue weighted by atomic mass is 9.97. The summed E-state index contributed by atoms with van der Waals surface area (Å²) in [5, 5.41) is 12.3. The predicted octanol–water partition coefficient (Wildman–Crippen LogP) is 1.47. The van der Waals surface area contributed by atoms with Crippen molar-refractivity contribution in [1.82, 2.24) is 14.9 Å². The van der Waals surface area contributed by atoms with E-state index in [-0.39, 0.29) is 6.54 Å². The van der Waals surface area contributed by atoms with E-state index in [2.05, 4.69) is 10.3 Å². The Bertz CT molecular complexity index is 636. The van der Waals surface area contributed by atoms with E-state index in [4.69, 9.17) is 4.42 Å². The van der Waals surface area contributed by atoms with Crippen LogP contribution in [-0.2, 0) is 24.0 Å². The molecule has 0 bridgehead atoms. The maximum Gasteiger partial charge on any atom is 0.425 e. The first kappa shape index (κ1) is 16.1. The Morgan fingerprint density at radius 3 is 2.73 bits per heavy atom. The second-order valence-electron chi connectivity index (χ2n) is 4.75. The minimum absolute atomic E-state index is 0.0691. The van der Waals surface area contributed by atoms with E-state index in [9.17, 15) is 23.1 Å². The van der Waals surface area contributed by atoms with E-state index >= 15 is 0 Å². The van der Waals surface area contributed by atoms with Gasteiger partial charge in [0.2, 0.25) is 11.5 Å². The van der Waals surface area contributed by atoms with Crippen LogP contribution in [0.4, 0.5) is 13.2 Å². The van der Waals surface area contributed by atoms with Gasteiger partial charge in [0, 0.05) is 19.4 Å². The van der Waals surface area contributed by atoms with Crippen molar-refractivity contribution in [2.45, 2.75) is 24.7 Å². The summed E-state index contributed by atoms with van der Waals surface area (Å²) in [5.74, 6) is -1.23. The van der Waals surface area contributed by atoms with Crippen molar-refractivity contribution in [2.75, 3.05) is 0 Å². The molecule has 0 saturated carbocycles. The molecule has 2 aromatic heterocycles. The zero-order valence-corrected chi connectivity index (χ0v) is 11.6. The molecular formula is C13H14F3N3O3. The maximum atomic E-state index is 13.2. The molecule has 0 fully saturated rings. The monoisotopic (exact) mass is 317 g/mol. The molecule has 9 heteroatoms. The van der Waals surface area contributed by atoms with E-state index in [1.54, 1.807) is 12.1 Å². The lowest BCUT2D eigenvalue weighted by Crippen LogP contribution is -2.47. The summed E-state index contributed by atoms with van der Waals surface area (Å²) in [6.07, 6.45) is -2.49. The molecule has 0 aliphatic carbocycles. The number of rotatable bonds is 5. The van der Waals surface area contributed by atoms with Gasteiger partial charge < -0.3 is 19.4 Å². The lowest BCUT2D eigenvalue weighted by Gasteiger charge is -2.29. The minimum atomic E-state index is -5.05. The van der Waals surface area contributed by atoms with Crippen molar-refractivity contribution < 1.29 is 27.5 Å². The topological polar surface area (TPSA) is 80.3 Å². The van der Waals surface area contributed by atoms with Crippen molar-refractivity contribution in [3.8, 4) is 0 Å². The molecule has 1 atom stereocenters. The average molecular weight is 317 g/mol. The molecule has 2 heterocycles. The maximum absolute atomic E-state index is 13.2. The highest BCUT2D eigenvalue weighted by atomic mass is 19.4. The molecule has 0 spiro atoms. The van der Waals surface area contributed by atoms with Gasteiger partial charge in [-0.05, 0) is 12.1 Å². The number of alkyl halides is 3. The van der Waals surface area contributed by atoms with Crippen LogP contribution in [-0.4, -0.2) is 26.7 Å². The number of furan rings is 1. The van der Waals surface area contributed by atoms with Crippen LogP contribution in [0.5, 0.6) is 0 Å². The van der Waals surface area contributed by atoms with E-state index < -0.39 is 29.9 Å². The molecule has 6 nitrogen and oxygen atoms in total. The number of halogens is 3. The fourth-order valence-electron chi connectivity index (χ4n) is 1.96. The summed E-state index contributed by atoms with van der Waals surface area (Å²) in [4.78, 5) is 15.3. The summed E-state index contributed by atoms with van der Waals surface area (Å²) >= 11 is 0. The van der Waals surface area contributed by atoms with Crippen LogP contribution in [0.1, 0.15) is 18.0 Å². The van der Waals surface area contributed by atoms with Crippen LogP contribution in [0.25, 0.3) is 0 Å². The molecule has 2 rings (SSSR count). The van der Waals surface area contributed by atoms with Crippen molar-refractivity contribution in [3.63, 3.8) is 0 Å². The molecule has 1 amide bonds. The van der Waals surface area contributed by atoms with Gasteiger partial charge in [-0.3, -0.25) is 4.79 Å². The molecule has 2 N–H and O–H groups in total. The molecule has 0 radical (unpaired) electrons. The zero-order valence-electron chi connectivity index (χ0n) is 11.6. The summed E-state index contributed by atoms with van der Waals surface area (Å²) in [7, 11) is 1.31. The number of aromatic nitrogens is 2. The third-order valence-corrected chi connectivity index (χ3v) is 3.12. The van der Waals surface area contributed by atoms with Gasteiger partial charge in [0.1, 0.15) is 5.76 Å². The number of imidazole rings is 1. The predicted molar refractivity (Wildman–Crippen MR) is 68.3 cm³/mol. The molecule has 0 saturated heterocycles. The van der Waals surface area contributed by atoms with E-state index in [1.807, 2.05) is 0 Å². The van der Waals surface area contributed by atoms with E-state index in [0.717, 1.165) is 10.8 Å². The van der Waals surface area contributed by atoms with Crippen LogP contribution < -0.4 is 5.32 Å². The number of hydrogen-bond acceptors (Lipinski definition) is 4. The van der Waals surface area contributed by atoms with Gasteiger partial charge in [0.15, 0.2) is 5.82 Å². The Balaban J connectivity index is 2.14. The number of nitrogens with zero attached hydrogens (tertiary/aromatic N) is 2. The summed E-state index contributed by atoms with van der Waals surface area (Å²) in [5.41, 5.74) is -3.36. The second-order valence-corrected chi connectivity index (χ2v) is 4.75. The van der Waals surface area contributed by atoms with E-state index in [1.165, 1.54) is 19.5 Å². The number of aliphatic hydroxyl groups is 1. The summed E-state index contributed by atoms with van der Waals surface area (Å²) in [6.45, 7) is -0.0691. The smallest absolute Gasteiger partial charge is 0.425 e. The van der Waals surface area contributed by atoms with Crippen molar-refractivity contribution in [1.29, 1.82) is 0 Å². The van der Waals surface area contributed by atoms with Crippen LogP contribution in [0.2, 0.25) is 0 Å². The lowest BCUT2D eigenvalue weighted by molar-refractivity contribution is -0.271. The largest absolute Gasteiger partial charge is 0.467 e. The summed E-state index contributed by atoms with van der Waals surface area (Å²) in [6, 6.07) is 3.15. The van der Waals surface area contributed by atoms with Crippen molar-refractivity contribution in [3.05, 3.63) is 42.4 Å². The molecular weight excluding hydrogens is 303 g/mol. The van der Waals surface area contributed by atoms with Gasteiger partial charge in [-0.25, -0.2) is 4.98 Å². The molecule has 22 heavy (non-hydrogen) atoms. The van der Waals surface area contributed by atoms with Crippen LogP contribution in [0, 0.1) is 0 Å². The van der Waals surface area contributed by atoms with Crippen LogP contribution in [0.15, 0.2) is 35.2 Å². The Hall–Kier alpha value is -2.29. The van der Waals surface area contributed by atoms with Gasteiger partial charge in [-0.1, -0.05) is 0 Å². The molecule has 0 aromatic carbocycles. The van der Waals surface area contributed by atoms with Gasteiger partial charge >= 0.3 is 6.18 Å². The van der Waals surface area contributed by atoms with Gasteiger partial charge in [0.05, 0.1) is 19.2 Å². The highest BCUT2D eigenvalue weighted by Gasteiger charge is 2.58. The molecule has 0 aliphatic rings. The third-order valence-electron chi connectivity index (χ3n) is 3.12. The van der Waals surface area contributed by atoms with Crippen molar-refractivity contribution >= 4 is 5.91 Å². The molecule has 120 valence electrons. The fourth-order valence-corrected chi connectivity index (χ4v) is 1.96. The number of aryl methyl sites for hydroxylation is 1. The molecule has 2 aromatic rings. The van der Waals surface area contributed by atoms with Gasteiger partial charge in [-0.2, -0.15) is 13.2 Å². The highest BCUT2D eigenvalue weighted by Crippen LogP contribution is 2.40. The van der Waals surface area contributed by atoms with E-state index in [0.29, 0.717) is 5.76 Å². The van der Waals surface area contributed by atoms with Crippen LogP contribution >= 0.6 is 0 Å². The highest BCUT2D eigenvalue weighted by molar-refractivity contribution is 5.77. The van der Waals surface area contributed by atoms with Gasteiger partial charge in [-0.15, -0.1) is 0 Å². The second kappa shape index (κ2) is 5.84. The Labute approximate surface area is 123 Å². The number of nitrogens with one attached hydrogen (secondary N) is 1. The number of carbonyl (C=O) groups excluding carboxylic acids is 1. The first-order valence-corrected chi connectivity index (χ1v) is 6.30. The SMILES string of the molecule is Cn1ccnc1C(O)(CC(=O)NCc1ccco1)C(F)(F)F. The summed E-state index contributed by atoms with van der Waals surface area (Å²) < 4.78 is 45.6. The Morgan fingerprint density at radius 1 is 1.50 bits per heavy atom. The Kier molecular flexibility index (Phi) is 4.27. The Morgan fingerprint density at radius 2 is 2.23 bits per heavy atom. The average Bonchev–Trinajstić information content (AvgIpc) is 3.06. The zero-order chi connectivity index (χ0) is 16.4. The molecule has 0 aliphatic heterocycles. The number of carbonyl (C=O) groups is 1. The van der Waals surface area contributed by atoms with Crippen LogP contribution in [0.3, 0.4) is 0 Å². The van der Waals surface area contributed by atoms with Gasteiger partial charge in [0.25, 0.3) is 0 Å². The fraction of sp³-hybridized carbons (Fsp3) is 0.385. The number of hydrogen-bond donors (Lipinski definition) is 2. The number of amides is 1. The quantitative estimate of drug-likeness (QED) is 0.875. The normalized spacial score (nSPS) is 14.6. The first-order chi connectivity index (χ1) is 10.2. The first-order valence-electron chi connectivity index (χ1n) is 6.30. The van der Waals surface area contributed by atoms with Crippen molar-refractivity contribution in [2.24, 2.45) is 7.05 Å². The standard InChI is InChI=1S/C13H14F3N3O3/c1-19-5-4-17-11(19)12(21,13(14,15)16)7-10(20)18-8-9-3-2-6-22-9/h2-6,21H,7-8H2,1H3,(H,18,20). The minimum Gasteiger partial charge on any atom is -0.467 e.